The van der Waals surface area contributed by atoms with Crippen molar-refractivity contribution in [3.05, 3.63) is 81.8 Å². The van der Waals surface area contributed by atoms with Gasteiger partial charge in [-0.25, -0.2) is 0 Å². The number of carbonyl (C=O) groups is 2. The number of rotatable bonds is 1. The lowest BCUT2D eigenvalue weighted by Crippen LogP contribution is -2.52. The summed E-state index contributed by atoms with van der Waals surface area (Å²) in [4.78, 5) is 29.0. The van der Waals surface area contributed by atoms with Gasteiger partial charge < -0.3 is 11.1 Å². The zero-order valence-electron chi connectivity index (χ0n) is 19.9. The zero-order valence-corrected chi connectivity index (χ0v) is 19.9. The molecule has 184 valence electrons. The molecule has 0 fully saturated rings. The van der Waals surface area contributed by atoms with E-state index in [-0.39, 0.29) is 34.9 Å². The van der Waals surface area contributed by atoms with Crippen molar-refractivity contribution in [2.24, 2.45) is 11.1 Å². The minimum atomic E-state index is -4.53. The van der Waals surface area contributed by atoms with Crippen LogP contribution < -0.4 is 16.0 Å². The van der Waals surface area contributed by atoms with E-state index in [1.165, 1.54) is 17.0 Å². The van der Waals surface area contributed by atoms with Crippen molar-refractivity contribution in [1.82, 2.24) is 0 Å². The van der Waals surface area contributed by atoms with Crippen molar-refractivity contribution in [3.63, 3.8) is 0 Å². The fourth-order valence-corrected chi connectivity index (χ4v) is 5.63. The van der Waals surface area contributed by atoms with Gasteiger partial charge >= 0.3 is 6.18 Å². The highest BCUT2D eigenvalue weighted by Crippen LogP contribution is 2.57. The molecule has 5 rings (SSSR count). The van der Waals surface area contributed by atoms with Crippen molar-refractivity contribution < 1.29 is 22.8 Å². The van der Waals surface area contributed by atoms with Crippen LogP contribution in [-0.4, -0.2) is 11.7 Å². The minimum Gasteiger partial charge on any atom is -0.384 e. The van der Waals surface area contributed by atoms with Crippen LogP contribution in [0.3, 0.4) is 0 Å². The Morgan fingerprint density at radius 2 is 1.75 bits per heavy atom. The summed E-state index contributed by atoms with van der Waals surface area (Å²) in [7, 11) is 0. The van der Waals surface area contributed by atoms with Crippen LogP contribution in [0.4, 0.5) is 24.5 Å². The van der Waals surface area contributed by atoms with Gasteiger partial charge in [0, 0.05) is 34.6 Å². The summed E-state index contributed by atoms with van der Waals surface area (Å²) < 4.78 is 39.6. The van der Waals surface area contributed by atoms with E-state index in [2.05, 4.69) is 11.4 Å². The molecular formula is C27H23F3N4O2. The number of hydrogen-bond acceptors (Lipinski definition) is 5. The van der Waals surface area contributed by atoms with Gasteiger partial charge in [0.15, 0.2) is 5.78 Å². The molecule has 0 aromatic heterocycles. The number of benzene rings is 2. The van der Waals surface area contributed by atoms with Gasteiger partial charge in [-0.05, 0) is 49.1 Å². The van der Waals surface area contributed by atoms with Gasteiger partial charge in [-0.1, -0.05) is 31.5 Å². The second kappa shape index (κ2) is 7.47. The highest BCUT2D eigenvalue weighted by molar-refractivity contribution is 6.20. The molecule has 3 aliphatic rings. The molecule has 1 spiro atoms. The predicted molar refractivity (Wildman–Crippen MR) is 127 cm³/mol. The maximum Gasteiger partial charge on any atom is 0.416 e. The first-order chi connectivity index (χ1) is 16.8. The van der Waals surface area contributed by atoms with Crippen LogP contribution in [0, 0.1) is 23.7 Å². The number of nitrogens with zero attached hydrogens (tertiary/aromatic N) is 2. The van der Waals surface area contributed by atoms with Crippen LogP contribution in [0.2, 0.25) is 0 Å². The van der Waals surface area contributed by atoms with Gasteiger partial charge in [0.1, 0.15) is 17.3 Å². The van der Waals surface area contributed by atoms with Crippen LogP contribution in [0.1, 0.15) is 43.4 Å². The lowest BCUT2D eigenvalue weighted by molar-refractivity contribution is -0.137. The molecule has 36 heavy (non-hydrogen) atoms. The summed E-state index contributed by atoms with van der Waals surface area (Å²) in [5.41, 5.74) is 5.99. The Hall–Kier alpha value is -4.06. The number of nitrogens with two attached hydrogens (primary N) is 1. The Labute approximate surface area is 205 Å². The largest absolute Gasteiger partial charge is 0.416 e. The summed E-state index contributed by atoms with van der Waals surface area (Å²) in [6, 6.07) is 11.7. The summed E-state index contributed by atoms with van der Waals surface area (Å²) in [5, 5.41) is 13.1. The number of alkyl halides is 3. The molecule has 2 aromatic rings. The van der Waals surface area contributed by atoms with Gasteiger partial charge in [-0.15, -0.1) is 0 Å². The number of ketones is 1. The Morgan fingerprint density at radius 1 is 1.08 bits per heavy atom. The molecule has 1 amide bonds. The first-order valence-corrected chi connectivity index (χ1v) is 11.4. The third-order valence-electron chi connectivity index (χ3n) is 7.10. The first-order valence-electron chi connectivity index (χ1n) is 11.4. The monoisotopic (exact) mass is 492 g/mol. The number of carbonyl (C=O) groups excluding carboxylic acids is 2. The Kier molecular flexibility index (Phi) is 4.91. The van der Waals surface area contributed by atoms with Crippen molar-refractivity contribution in [3.8, 4) is 6.07 Å². The quantitative estimate of drug-likeness (QED) is 0.580. The van der Waals surface area contributed by atoms with E-state index in [1.54, 1.807) is 12.1 Å². The van der Waals surface area contributed by atoms with E-state index in [0.717, 1.165) is 17.7 Å². The Morgan fingerprint density at radius 3 is 2.36 bits per heavy atom. The van der Waals surface area contributed by atoms with Crippen LogP contribution in [0.25, 0.3) is 0 Å². The molecule has 6 nitrogen and oxygen atoms in total. The number of allylic oxidation sites excluding steroid dienone is 1. The number of Topliss-reactive ketones (excluding diaryl/α,β-unsaturated/α-hetero) is 1. The fourth-order valence-electron chi connectivity index (χ4n) is 5.63. The summed E-state index contributed by atoms with van der Waals surface area (Å²) in [5.74, 6) is -0.941. The van der Waals surface area contributed by atoms with Gasteiger partial charge in [0.05, 0.1) is 11.1 Å². The highest BCUT2D eigenvalue weighted by Gasteiger charge is 2.61. The third kappa shape index (κ3) is 3.17. The maximum absolute atomic E-state index is 13.8. The standard InChI is InChI=1S/C27H23F3N4O2/c1-14-4-9-19-17(10-14)26(24(36)33-19)18(13-31)23(32)34(16-7-5-15(6-8-16)27(28,29)30)20-11-25(2,3)12-21(35)22(20)26/h4-10H,11-12,32H2,1-3H3,(H,33,36). The van der Waals surface area contributed by atoms with E-state index in [0.29, 0.717) is 23.4 Å². The molecule has 2 aliphatic heterocycles. The normalized spacial score (nSPS) is 23.0. The van der Waals surface area contributed by atoms with Gasteiger partial charge in [0.2, 0.25) is 5.91 Å². The van der Waals surface area contributed by atoms with Gasteiger partial charge in [-0.3, -0.25) is 14.5 Å². The van der Waals surface area contributed by atoms with Gasteiger partial charge in [-0.2, -0.15) is 18.4 Å². The smallest absolute Gasteiger partial charge is 0.384 e. The number of fused-ring (bicyclic) bond motifs is 3. The molecule has 1 aliphatic carbocycles. The molecule has 2 heterocycles. The van der Waals surface area contributed by atoms with Crippen LogP contribution in [0.15, 0.2) is 65.1 Å². The number of hydrogen-bond donors (Lipinski definition) is 2. The number of nitrogens with one attached hydrogen (secondary N) is 1. The van der Waals surface area contributed by atoms with E-state index in [1.807, 2.05) is 26.8 Å². The summed E-state index contributed by atoms with van der Waals surface area (Å²) in [6.45, 7) is 5.64. The van der Waals surface area contributed by atoms with Crippen molar-refractivity contribution in [2.75, 3.05) is 10.2 Å². The molecule has 1 atom stereocenters. The van der Waals surface area contributed by atoms with Crippen molar-refractivity contribution in [1.29, 1.82) is 5.26 Å². The molecule has 0 bridgehead atoms. The van der Waals surface area contributed by atoms with Crippen LogP contribution in [-0.2, 0) is 21.2 Å². The third-order valence-corrected chi connectivity index (χ3v) is 7.10. The molecule has 1 unspecified atom stereocenters. The fraction of sp³-hybridized carbons (Fsp3) is 0.296. The second-order valence-corrected chi connectivity index (χ2v) is 10.3. The number of halogens is 3. The van der Waals surface area contributed by atoms with Crippen LogP contribution in [0.5, 0.6) is 0 Å². The van der Waals surface area contributed by atoms with E-state index in [4.69, 9.17) is 5.73 Å². The molecule has 3 N–H and O–H groups in total. The number of nitriles is 1. The Balaban J connectivity index is 1.84. The highest BCUT2D eigenvalue weighted by atomic mass is 19.4. The van der Waals surface area contributed by atoms with Gasteiger partial charge in [0.25, 0.3) is 0 Å². The minimum absolute atomic E-state index is 0.0917. The molecular weight excluding hydrogens is 469 g/mol. The topological polar surface area (TPSA) is 99.2 Å². The molecule has 0 radical (unpaired) electrons. The van der Waals surface area contributed by atoms with Crippen LogP contribution >= 0.6 is 0 Å². The Bertz CT molecular complexity index is 1440. The lowest BCUT2D eigenvalue weighted by atomic mass is 9.60. The maximum atomic E-state index is 13.8. The molecule has 0 saturated carbocycles. The average molecular weight is 493 g/mol. The number of aryl methyl sites for hydroxylation is 1. The summed E-state index contributed by atoms with van der Waals surface area (Å²) in [6.07, 6.45) is -4.06. The van der Waals surface area contributed by atoms with E-state index < -0.39 is 28.5 Å². The molecule has 9 heteroatoms. The van der Waals surface area contributed by atoms with E-state index in [9.17, 15) is 28.0 Å². The molecule has 2 aromatic carbocycles. The van der Waals surface area contributed by atoms with Crippen molar-refractivity contribution in [2.45, 2.75) is 45.2 Å². The molecule has 0 saturated heterocycles. The number of amides is 1. The first kappa shape index (κ1) is 23.7. The zero-order chi connectivity index (χ0) is 26.2. The SMILES string of the molecule is Cc1ccc2c(c1)C1(C(=O)N2)C(C#N)=C(N)N(c2ccc(C(F)(F)F)cc2)C2=C1C(=O)CC(C)(C)C2. The lowest BCUT2D eigenvalue weighted by Gasteiger charge is -2.46. The van der Waals surface area contributed by atoms with E-state index >= 15 is 0 Å². The number of anilines is 2. The predicted octanol–water partition coefficient (Wildman–Crippen LogP) is 5.06. The van der Waals surface area contributed by atoms with Crippen molar-refractivity contribution >= 4 is 23.1 Å². The average Bonchev–Trinajstić information content (AvgIpc) is 3.04. The second-order valence-electron chi connectivity index (χ2n) is 10.3. The summed E-state index contributed by atoms with van der Waals surface area (Å²) >= 11 is 0.